The molecule has 7 nitrogen and oxygen atoms in total. The number of thiazole rings is 1. The van der Waals surface area contributed by atoms with Crippen molar-refractivity contribution in [3.8, 4) is 16.3 Å². The van der Waals surface area contributed by atoms with Crippen LogP contribution in [0.2, 0.25) is 0 Å². The average molecular weight is 479 g/mol. The third-order valence-corrected chi connectivity index (χ3v) is 7.73. The number of nitrogens with one attached hydrogen (secondary N) is 1. The van der Waals surface area contributed by atoms with Crippen molar-refractivity contribution < 1.29 is 14.3 Å². The summed E-state index contributed by atoms with van der Waals surface area (Å²) in [5, 5.41) is 12.3. The highest BCUT2D eigenvalue weighted by molar-refractivity contribution is 7.15. The van der Waals surface area contributed by atoms with Crippen LogP contribution in [0, 0.1) is 6.92 Å². The average Bonchev–Trinajstić information content (AvgIpc) is 3.49. The molecule has 1 amide bonds. The van der Waals surface area contributed by atoms with Crippen molar-refractivity contribution in [2.24, 2.45) is 0 Å². The van der Waals surface area contributed by atoms with E-state index < -0.39 is 0 Å². The number of aromatic nitrogens is 3. The van der Waals surface area contributed by atoms with E-state index in [0.29, 0.717) is 23.8 Å². The van der Waals surface area contributed by atoms with Gasteiger partial charge in [0.05, 0.1) is 23.5 Å². The van der Waals surface area contributed by atoms with Crippen LogP contribution in [0.25, 0.3) is 10.6 Å². The van der Waals surface area contributed by atoms with Gasteiger partial charge in [-0.15, -0.1) is 11.3 Å². The molecule has 8 heteroatoms. The lowest BCUT2D eigenvalue weighted by molar-refractivity contribution is 0.0679. The first-order chi connectivity index (χ1) is 16.5. The van der Waals surface area contributed by atoms with E-state index >= 15 is 0 Å². The number of rotatable bonds is 8. The predicted octanol–water partition coefficient (Wildman–Crippen LogP) is 5.22. The third kappa shape index (κ3) is 5.28. The second kappa shape index (κ2) is 10.2. The van der Waals surface area contributed by atoms with E-state index in [0.717, 1.165) is 41.4 Å². The second-order valence-electron chi connectivity index (χ2n) is 9.18. The summed E-state index contributed by atoms with van der Waals surface area (Å²) in [7, 11) is 0. The van der Waals surface area contributed by atoms with Crippen molar-refractivity contribution >= 4 is 17.2 Å². The molecule has 1 aliphatic heterocycles. The Morgan fingerprint density at radius 3 is 2.79 bits per heavy atom. The number of amides is 1. The Bertz CT molecular complexity index is 1140. The lowest BCUT2D eigenvalue weighted by atomic mass is 9.85. The maximum Gasteiger partial charge on any atom is 0.251 e. The number of hydrogen-bond acceptors (Lipinski definition) is 7. The van der Waals surface area contributed by atoms with Crippen LogP contribution >= 0.6 is 11.3 Å². The zero-order chi connectivity index (χ0) is 23.5. The lowest BCUT2D eigenvalue weighted by Gasteiger charge is -2.23. The molecule has 1 unspecified atom stereocenters. The molecule has 178 valence electrons. The molecular weight excluding hydrogens is 448 g/mol. The van der Waals surface area contributed by atoms with E-state index in [9.17, 15) is 4.79 Å². The molecule has 0 radical (unpaired) electrons. The van der Waals surface area contributed by atoms with Crippen LogP contribution in [0.5, 0.6) is 5.75 Å². The highest BCUT2D eigenvalue weighted by Crippen LogP contribution is 2.41. The first-order valence-corrected chi connectivity index (χ1v) is 12.8. The Hall–Kier alpha value is -2.84. The highest BCUT2D eigenvalue weighted by Gasteiger charge is 2.23. The summed E-state index contributed by atoms with van der Waals surface area (Å²) in [5.41, 5.74) is 2.99. The number of carbonyl (C=O) groups is 1. The maximum atomic E-state index is 13.2. The summed E-state index contributed by atoms with van der Waals surface area (Å²) in [5.74, 6) is 1.10. The minimum atomic E-state index is -0.273. The Balaban J connectivity index is 1.38. The standard InChI is InChI=1S/C26H30N4O3S/c1-16-8-9-23(30-29-16)17(2)28-25(31)19-11-20(26-27-14-24(34-26)18-5-3-6-18)13-22(12-19)33-15-21-7-4-10-32-21/h8-9,11-14,17-18,21H,3-7,10,15H2,1-2H3,(H,28,31)/t17?,21-/m1/s1. The monoisotopic (exact) mass is 478 g/mol. The van der Waals surface area contributed by atoms with Crippen LogP contribution in [0.3, 0.4) is 0 Å². The van der Waals surface area contributed by atoms with Gasteiger partial charge in [0, 0.05) is 28.8 Å². The Morgan fingerprint density at radius 2 is 2.09 bits per heavy atom. The Kier molecular flexibility index (Phi) is 6.87. The summed E-state index contributed by atoms with van der Waals surface area (Å²) < 4.78 is 11.8. The molecule has 2 aliphatic rings. The topological polar surface area (TPSA) is 86.2 Å². The number of benzene rings is 1. The zero-order valence-corrected chi connectivity index (χ0v) is 20.4. The van der Waals surface area contributed by atoms with Gasteiger partial charge in [0.1, 0.15) is 17.4 Å². The van der Waals surface area contributed by atoms with E-state index in [-0.39, 0.29) is 18.1 Å². The quantitative estimate of drug-likeness (QED) is 0.477. The molecule has 1 N–H and O–H groups in total. The number of nitrogens with zero attached hydrogens (tertiary/aromatic N) is 3. The van der Waals surface area contributed by atoms with Crippen LogP contribution in [0.1, 0.15) is 77.6 Å². The maximum absolute atomic E-state index is 13.2. The SMILES string of the molecule is Cc1ccc(C(C)NC(=O)c2cc(OC[C@H]3CCCO3)cc(-c3ncc(C4CCC4)s3)c2)nn1. The lowest BCUT2D eigenvalue weighted by Crippen LogP contribution is -2.27. The summed E-state index contributed by atoms with van der Waals surface area (Å²) >= 11 is 1.71. The fourth-order valence-electron chi connectivity index (χ4n) is 4.20. The molecule has 5 rings (SSSR count). The fraction of sp³-hybridized carbons (Fsp3) is 0.462. The van der Waals surface area contributed by atoms with Crippen LogP contribution in [-0.4, -0.2) is 40.4 Å². The number of aryl methyl sites for hydroxylation is 1. The second-order valence-corrected chi connectivity index (χ2v) is 10.2. The molecule has 0 bridgehead atoms. The van der Waals surface area contributed by atoms with Gasteiger partial charge >= 0.3 is 0 Å². The van der Waals surface area contributed by atoms with Crippen molar-refractivity contribution in [3.63, 3.8) is 0 Å². The first kappa shape index (κ1) is 22.9. The fourth-order valence-corrected chi connectivity index (χ4v) is 5.27. The van der Waals surface area contributed by atoms with Gasteiger partial charge in [0.2, 0.25) is 0 Å². The number of ether oxygens (including phenoxy) is 2. The van der Waals surface area contributed by atoms with Gasteiger partial charge in [-0.25, -0.2) is 4.98 Å². The molecule has 1 saturated heterocycles. The van der Waals surface area contributed by atoms with Crippen LogP contribution in [0.15, 0.2) is 36.5 Å². The Labute approximate surface area is 203 Å². The van der Waals surface area contributed by atoms with Gasteiger partial charge in [-0.05, 0) is 75.8 Å². The zero-order valence-electron chi connectivity index (χ0n) is 19.6. The summed E-state index contributed by atoms with van der Waals surface area (Å²) in [4.78, 5) is 19.2. The van der Waals surface area contributed by atoms with Gasteiger partial charge in [0.25, 0.3) is 5.91 Å². The highest BCUT2D eigenvalue weighted by atomic mass is 32.1. The largest absolute Gasteiger partial charge is 0.491 e. The van der Waals surface area contributed by atoms with Crippen LogP contribution in [-0.2, 0) is 4.74 Å². The van der Waals surface area contributed by atoms with Crippen molar-refractivity contribution in [1.29, 1.82) is 0 Å². The molecule has 0 spiro atoms. The normalized spacial score (nSPS) is 18.9. The summed E-state index contributed by atoms with van der Waals surface area (Å²) in [6.07, 6.45) is 7.91. The molecule has 2 aromatic heterocycles. The number of carbonyl (C=O) groups excluding carboxylic acids is 1. The molecule has 1 aliphatic carbocycles. The molecular formula is C26H30N4O3S. The minimum absolute atomic E-state index is 0.103. The Morgan fingerprint density at radius 1 is 1.21 bits per heavy atom. The molecule has 2 atom stereocenters. The first-order valence-electron chi connectivity index (χ1n) is 12.0. The van der Waals surface area contributed by atoms with Gasteiger partial charge in [-0.2, -0.15) is 10.2 Å². The van der Waals surface area contributed by atoms with Crippen molar-refractivity contribution in [3.05, 3.63) is 58.4 Å². The van der Waals surface area contributed by atoms with Gasteiger partial charge in [0.15, 0.2) is 0 Å². The van der Waals surface area contributed by atoms with Crippen LogP contribution < -0.4 is 10.1 Å². The molecule has 1 aromatic carbocycles. The van der Waals surface area contributed by atoms with Crippen LogP contribution in [0.4, 0.5) is 0 Å². The van der Waals surface area contributed by atoms with E-state index in [1.165, 1.54) is 24.1 Å². The third-order valence-electron chi connectivity index (χ3n) is 6.52. The molecule has 3 aromatic rings. The molecule has 1 saturated carbocycles. The summed E-state index contributed by atoms with van der Waals surface area (Å²) in [6, 6.07) is 9.17. The van der Waals surface area contributed by atoms with E-state index in [1.807, 2.05) is 44.3 Å². The van der Waals surface area contributed by atoms with E-state index in [2.05, 4.69) is 20.5 Å². The van der Waals surface area contributed by atoms with Gasteiger partial charge in [-0.3, -0.25) is 4.79 Å². The number of hydrogen-bond donors (Lipinski definition) is 1. The molecule has 3 heterocycles. The van der Waals surface area contributed by atoms with Crippen molar-refractivity contribution in [1.82, 2.24) is 20.5 Å². The summed E-state index contributed by atoms with van der Waals surface area (Å²) in [6.45, 7) is 5.05. The van der Waals surface area contributed by atoms with Gasteiger partial charge < -0.3 is 14.8 Å². The minimum Gasteiger partial charge on any atom is -0.491 e. The van der Waals surface area contributed by atoms with Crippen molar-refractivity contribution in [2.75, 3.05) is 13.2 Å². The molecule has 34 heavy (non-hydrogen) atoms. The van der Waals surface area contributed by atoms with Gasteiger partial charge in [-0.1, -0.05) is 6.42 Å². The predicted molar refractivity (Wildman–Crippen MR) is 131 cm³/mol. The van der Waals surface area contributed by atoms with E-state index in [4.69, 9.17) is 9.47 Å². The smallest absolute Gasteiger partial charge is 0.251 e. The molecule has 2 fully saturated rings. The van der Waals surface area contributed by atoms with E-state index in [1.54, 1.807) is 17.4 Å². The van der Waals surface area contributed by atoms with Crippen molar-refractivity contribution in [2.45, 2.75) is 64.0 Å².